The van der Waals surface area contributed by atoms with E-state index in [1.165, 1.54) is 6.07 Å². The summed E-state index contributed by atoms with van der Waals surface area (Å²) in [7, 11) is 0. The Kier molecular flexibility index (Phi) is 4.09. The van der Waals surface area contributed by atoms with Crippen molar-refractivity contribution in [2.45, 2.75) is 19.0 Å². The molecule has 1 N–H and O–H groups in total. The number of hydrogen-bond acceptors (Lipinski definition) is 2. The van der Waals surface area contributed by atoms with Crippen molar-refractivity contribution in [3.05, 3.63) is 34.4 Å². The Morgan fingerprint density at radius 2 is 1.95 bits per heavy atom. The van der Waals surface area contributed by atoms with Gasteiger partial charge in [-0.1, -0.05) is 0 Å². The molecule has 0 aliphatic heterocycles. The van der Waals surface area contributed by atoms with Gasteiger partial charge in [0.25, 0.3) is 6.43 Å². The minimum absolute atomic E-state index is 0.161. The molecule has 19 heavy (non-hydrogen) atoms. The number of rotatable bonds is 3. The fourth-order valence-electron chi connectivity index (χ4n) is 1.51. The zero-order valence-electron chi connectivity index (χ0n) is 9.13. The van der Waals surface area contributed by atoms with Crippen LogP contribution in [-0.4, -0.2) is 11.1 Å². The zero-order valence-corrected chi connectivity index (χ0v) is 9.13. The average molecular weight is 279 g/mol. The number of carbonyl (C=O) groups is 1. The third-order valence-corrected chi connectivity index (χ3v) is 2.25. The van der Waals surface area contributed by atoms with Gasteiger partial charge in [0.15, 0.2) is 0 Å². The van der Waals surface area contributed by atoms with E-state index in [1.54, 1.807) is 0 Å². The molecule has 8 heteroatoms. The summed E-state index contributed by atoms with van der Waals surface area (Å²) < 4.78 is 62.9. The van der Waals surface area contributed by atoms with Gasteiger partial charge in [-0.05, 0) is 17.7 Å². The van der Waals surface area contributed by atoms with Gasteiger partial charge in [-0.25, -0.2) is 8.78 Å². The van der Waals surface area contributed by atoms with Gasteiger partial charge in [0.2, 0.25) is 0 Å². The molecule has 0 fully saturated rings. The summed E-state index contributed by atoms with van der Waals surface area (Å²) in [5, 5.41) is 17.2. The smallest absolute Gasteiger partial charge is 0.417 e. The lowest BCUT2D eigenvalue weighted by molar-refractivity contribution is -0.139. The Hall–Kier alpha value is -2.17. The lowest BCUT2D eigenvalue weighted by Crippen LogP contribution is -2.13. The first-order valence-corrected chi connectivity index (χ1v) is 4.81. The van der Waals surface area contributed by atoms with Crippen molar-refractivity contribution >= 4 is 5.97 Å². The molecule has 102 valence electrons. The Morgan fingerprint density at radius 1 is 1.37 bits per heavy atom. The summed E-state index contributed by atoms with van der Waals surface area (Å²) in [5.74, 6) is -1.52. The minimum Gasteiger partial charge on any atom is -0.481 e. The lowest BCUT2D eigenvalue weighted by atomic mass is 9.96. The van der Waals surface area contributed by atoms with Gasteiger partial charge in [-0.2, -0.15) is 18.4 Å². The van der Waals surface area contributed by atoms with E-state index in [0.29, 0.717) is 6.07 Å². The predicted octanol–water partition coefficient (Wildman–Crippen LogP) is 3.14. The summed E-state index contributed by atoms with van der Waals surface area (Å²) in [6.45, 7) is 0. The van der Waals surface area contributed by atoms with Crippen molar-refractivity contribution in [3.8, 4) is 6.07 Å². The second kappa shape index (κ2) is 5.22. The fraction of sp³-hybridized carbons (Fsp3) is 0.273. The van der Waals surface area contributed by atoms with Crippen LogP contribution in [0.1, 0.15) is 28.7 Å². The zero-order chi connectivity index (χ0) is 14.8. The highest BCUT2D eigenvalue weighted by Crippen LogP contribution is 2.36. The van der Waals surface area contributed by atoms with Gasteiger partial charge in [0.1, 0.15) is 6.07 Å². The molecule has 0 aliphatic carbocycles. The van der Waals surface area contributed by atoms with Crippen LogP contribution in [0.4, 0.5) is 22.0 Å². The molecule has 0 bridgehead atoms. The summed E-state index contributed by atoms with van der Waals surface area (Å²) in [5.41, 5.74) is -4.05. The number of carboxylic acids is 1. The first-order chi connectivity index (χ1) is 8.66. The standard InChI is InChI=1S/C11H6F5NO2/c12-10(13)6-1-5(3-9(18)19)7(4-17)8(2-6)11(14,15)16/h1-2,10H,3H2,(H,18,19). The molecular weight excluding hydrogens is 273 g/mol. The van der Waals surface area contributed by atoms with Crippen LogP contribution in [0.25, 0.3) is 0 Å². The van der Waals surface area contributed by atoms with E-state index in [9.17, 15) is 26.7 Å². The first kappa shape index (κ1) is 14.9. The number of hydrogen-bond donors (Lipinski definition) is 1. The van der Waals surface area contributed by atoms with Crippen LogP contribution in [-0.2, 0) is 17.4 Å². The molecule has 3 nitrogen and oxygen atoms in total. The molecule has 0 aromatic heterocycles. The van der Waals surface area contributed by atoms with E-state index in [0.717, 1.165) is 0 Å². The second-order valence-corrected chi connectivity index (χ2v) is 3.58. The number of nitrogens with zero attached hydrogens (tertiary/aromatic N) is 1. The van der Waals surface area contributed by atoms with Crippen LogP contribution < -0.4 is 0 Å². The van der Waals surface area contributed by atoms with E-state index in [1.807, 2.05) is 0 Å². The van der Waals surface area contributed by atoms with E-state index in [2.05, 4.69) is 0 Å². The van der Waals surface area contributed by atoms with Crippen molar-refractivity contribution in [1.29, 1.82) is 5.26 Å². The van der Waals surface area contributed by atoms with Crippen LogP contribution in [0, 0.1) is 11.3 Å². The first-order valence-electron chi connectivity index (χ1n) is 4.81. The summed E-state index contributed by atoms with van der Waals surface area (Å²) in [6, 6.07) is 1.98. The molecule has 1 rings (SSSR count). The van der Waals surface area contributed by atoms with Gasteiger partial charge in [-0.15, -0.1) is 0 Å². The molecule has 0 spiro atoms. The van der Waals surface area contributed by atoms with Crippen LogP contribution in [0.3, 0.4) is 0 Å². The Balaban J connectivity index is 3.57. The molecule has 0 radical (unpaired) electrons. The summed E-state index contributed by atoms with van der Waals surface area (Å²) >= 11 is 0. The number of aliphatic carboxylic acids is 1. The third kappa shape index (κ3) is 3.40. The SMILES string of the molecule is N#Cc1c(CC(=O)O)cc(C(F)F)cc1C(F)(F)F. The van der Waals surface area contributed by atoms with Gasteiger partial charge < -0.3 is 5.11 Å². The van der Waals surface area contributed by atoms with Gasteiger partial charge in [-0.3, -0.25) is 4.79 Å². The molecule has 0 saturated carbocycles. The molecule has 1 aromatic rings. The van der Waals surface area contributed by atoms with Crippen LogP contribution in [0.5, 0.6) is 0 Å². The van der Waals surface area contributed by atoms with Gasteiger partial charge in [0.05, 0.1) is 17.5 Å². The Labute approximate surface area is 103 Å². The molecule has 0 amide bonds. The van der Waals surface area contributed by atoms with Crippen molar-refractivity contribution in [2.75, 3.05) is 0 Å². The van der Waals surface area contributed by atoms with Crippen LogP contribution in [0.15, 0.2) is 12.1 Å². The highest BCUT2D eigenvalue weighted by Gasteiger charge is 2.36. The maximum Gasteiger partial charge on any atom is 0.417 e. The molecule has 0 heterocycles. The van der Waals surface area contributed by atoms with Gasteiger partial charge in [0, 0.05) is 5.56 Å². The normalized spacial score (nSPS) is 11.4. The maximum atomic E-state index is 12.7. The van der Waals surface area contributed by atoms with E-state index in [-0.39, 0.29) is 6.07 Å². The van der Waals surface area contributed by atoms with Crippen LogP contribution >= 0.6 is 0 Å². The lowest BCUT2D eigenvalue weighted by Gasteiger charge is -2.14. The fourth-order valence-corrected chi connectivity index (χ4v) is 1.51. The molecule has 0 unspecified atom stereocenters. The minimum atomic E-state index is -5.01. The number of benzene rings is 1. The quantitative estimate of drug-likeness (QED) is 0.864. The average Bonchev–Trinajstić information content (AvgIpc) is 2.25. The second-order valence-electron chi connectivity index (χ2n) is 3.58. The number of alkyl halides is 5. The van der Waals surface area contributed by atoms with Crippen LogP contribution in [0.2, 0.25) is 0 Å². The maximum absolute atomic E-state index is 12.7. The van der Waals surface area contributed by atoms with Crippen molar-refractivity contribution < 1.29 is 31.9 Å². The van der Waals surface area contributed by atoms with Gasteiger partial charge >= 0.3 is 12.1 Å². The molecule has 0 atom stereocenters. The van der Waals surface area contributed by atoms with E-state index >= 15 is 0 Å². The predicted molar refractivity (Wildman–Crippen MR) is 52.5 cm³/mol. The number of carboxylic acid groups (broad SMARTS) is 1. The largest absolute Gasteiger partial charge is 0.481 e. The molecule has 0 saturated heterocycles. The molecule has 0 aliphatic rings. The Bertz CT molecular complexity index is 545. The molecule has 1 aromatic carbocycles. The highest BCUT2D eigenvalue weighted by atomic mass is 19.4. The monoisotopic (exact) mass is 279 g/mol. The number of nitriles is 1. The van der Waals surface area contributed by atoms with Crippen molar-refractivity contribution in [3.63, 3.8) is 0 Å². The van der Waals surface area contributed by atoms with Crippen molar-refractivity contribution in [2.24, 2.45) is 0 Å². The van der Waals surface area contributed by atoms with Crippen molar-refractivity contribution in [1.82, 2.24) is 0 Å². The number of halogens is 5. The Morgan fingerprint density at radius 3 is 2.32 bits per heavy atom. The summed E-state index contributed by atoms with van der Waals surface area (Å²) in [6.07, 6.45) is -9.14. The molecular formula is C11H6F5NO2. The van der Waals surface area contributed by atoms with E-state index in [4.69, 9.17) is 10.4 Å². The highest BCUT2D eigenvalue weighted by molar-refractivity contribution is 5.72. The topological polar surface area (TPSA) is 61.1 Å². The van der Waals surface area contributed by atoms with E-state index < -0.39 is 47.2 Å². The summed E-state index contributed by atoms with van der Waals surface area (Å²) in [4.78, 5) is 10.5. The third-order valence-electron chi connectivity index (χ3n) is 2.25.